The molecule has 0 saturated heterocycles. The Morgan fingerprint density at radius 2 is 2.00 bits per heavy atom. The third-order valence-corrected chi connectivity index (χ3v) is 3.28. The van der Waals surface area contributed by atoms with E-state index < -0.39 is 0 Å². The smallest absolute Gasteiger partial charge is 0.191 e. The second kappa shape index (κ2) is 9.71. The second-order valence-corrected chi connectivity index (χ2v) is 5.48. The summed E-state index contributed by atoms with van der Waals surface area (Å²) < 4.78 is 2.30. The highest BCUT2D eigenvalue weighted by Gasteiger charge is 2.01. The van der Waals surface area contributed by atoms with E-state index in [4.69, 9.17) is 0 Å². The van der Waals surface area contributed by atoms with Gasteiger partial charge < -0.3 is 15.2 Å². The van der Waals surface area contributed by atoms with Gasteiger partial charge in [0.15, 0.2) is 5.96 Å². The Bertz CT molecular complexity index is 589. The quantitative estimate of drug-likeness (QED) is 0.328. The Kier molecular flexibility index (Phi) is 8.30. The topological polar surface area (TPSA) is 41.4 Å². The van der Waals surface area contributed by atoms with Gasteiger partial charge in [-0.2, -0.15) is 0 Å². The van der Waals surface area contributed by atoms with Crippen LogP contribution in [-0.4, -0.2) is 29.7 Å². The molecule has 0 spiro atoms. The van der Waals surface area contributed by atoms with Crippen molar-refractivity contribution in [3.63, 3.8) is 0 Å². The van der Waals surface area contributed by atoms with Crippen LogP contribution in [0.2, 0.25) is 0 Å². The number of nitrogens with one attached hydrogen (secondary N) is 2. The molecule has 1 aromatic heterocycles. The van der Waals surface area contributed by atoms with E-state index in [1.165, 1.54) is 10.9 Å². The van der Waals surface area contributed by atoms with E-state index in [0.717, 1.165) is 32.0 Å². The van der Waals surface area contributed by atoms with E-state index in [1.54, 1.807) is 0 Å². The number of halogens is 1. The van der Waals surface area contributed by atoms with Crippen LogP contribution in [0.1, 0.15) is 27.2 Å². The zero-order valence-corrected chi connectivity index (χ0v) is 16.0. The third-order valence-electron chi connectivity index (χ3n) is 3.28. The molecule has 0 bridgehead atoms. The molecule has 0 fully saturated rings. The number of fused-ring (bicyclic) bond motifs is 1. The summed E-state index contributed by atoms with van der Waals surface area (Å²) in [7, 11) is 0. The van der Waals surface area contributed by atoms with Crippen LogP contribution in [-0.2, 0) is 6.54 Å². The van der Waals surface area contributed by atoms with Gasteiger partial charge >= 0.3 is 0 Å². The molecule has 0 atom stereocenters. The Hall–Kier alpha value is -1.24. The van der Waals surface area contributed by atoms with E-state index in [0.29, 0.717) is 6.04 Å². The lowest BCUT2D eigenvalue weighted by Crippen LogP contribution is -2.41. The number of benzene rings is 1. The summed E-state index contributed by atoms with van der Waals surface area (Å²) in [5, 5.41) is 7.91. The molecule has 2 rings (SSSR count). The molecular weight excluding hydrogens is 387 g/mol. The molecule has 0 radical (unpaired) electrons. The summed E-state index contributed by atoms with van der Waals surface area (Å²) in [5.74, 6) is 0.907. The number of nitrogens with zero attached hydrogens (tertiary/aromatic N) is 2. The first-order valence-corrected chi connectivity index (χ1v) is 7.79. The van der Waals surface area contributed by atoms with E-state index in [-0.39, 0.29) is 24.0 Å². The summed E-state index contributed by atoms with van der Waals surface area (Å²) in [4.78, 5) is 4.61. The van der Waals surface area contributed by atoms with Crippen LogP contribution in [0, 0.1) is 0 Å². The van der Waals surface area contributed by atoms with Gasteiger partial charge in [0, 0.05) is 37.4 Å². The molecular formula is C17H27IN4. The Balaban J connectivity index is 0.00000242. The minimum atomic E-state index is 0. The van der Waals surface area contributed by atoms with Crippen molar-refractivity contribution < 1.29 is 0 Å². The molecule has 1 heterocycles. The van der Waals surface area contributed by atoms with Crippen LogP contribution in [0.4, 0.5) is 0 Å². The lowest BCUT2D eigenvalue weighted by Gasteiger charge is -2.14. The fourth-order valence-electron chi connectivity index (χ4n) is 2.36. The summed E-state index contributed by atoms with van der Waals surface area (Å²) in [6, 6.07) is 11.1. The summed E-state index contributed by atoms with van der Waals surface area (Å²) >= 11 is 0. The molecule has 2 N–H and O–H groups in total. The van der Waals surface area contributed by atoms with Gasteiger partial charge in [-0.3, -0.25) is 4.99 Å². The molecule has 0 aliphatic rings. The van der Waals surface area contributed by atoms with Crippen LogP contribution in [0.5, 0.6) is 0 Å². The first kappa shape index (κ1) is 18.8. The summed E-state index contributed by atoms with van der Waals surface area (Å²) in [6.07, 6.45) is 3.19. The number of aromatic nitrogens is 1. The van der Waals surface area contributed by atoms with Gasteiger partial charge in [-0.15, -0.1) is 24.0 Å². The van der Waals surface area contributed by atoms with Crippen LogP contribution in [0.25, 0.3) is 10.9 Å². The van der Waals surface area contributed by atoms with Gasteiger partial charge in [-0.05, 0) is 44.7 Å². The lowest BCUT2D eigenvalue weighted by atomic mass is 10.2. The SMILES string of the molecule is CCNC(=NCCCn1ccc2ccccc21)NC(C)C.I. The summed E-state index contributed by atoms with van der Waals surface area (Å²) in [6.45, 7) is 9.05. The number of para-hydroxylation sites is 1. The molecule has 0 aliphatic carbocycles. The number of hydrogen-bond acceptors (Lipinski definition) is 1. The highest BCUT2D eigenvalue weighted by atomic mass is 127. The zero-order valence-electron chi connectivity index (χ0n) is 13.7. The first-order chi connectivity index (χ1) is 10.2. The Labute approximate surface area is 150 Å². The van der Waals surface area contributed by atoms with Gasteiger partial charge in [0.2, 0.25) is 0 Å². The predicted molar refractivity (Wildman–Crippen MR) is 106 cm³/mol. The van der Waals surface area contributed by atoms with Crippen molar-refractivity contribution in [1.82, 2.24) is 15.2 Å². The maximum absolute atomic E-state index is 4.61. The molecule has 1 aromatic carbocycles. The standard InChI is InChI=1S/C17H26N4.HI/c1-4-18-17(20-14(2)3)19-11-7-12-21-13-10-15-8-5-6-9-16(15)21;/h5-6,8-10,13-14H,4,7,11-12H2,1-3H3,(H2,18,19,20);1H. The summed E-state index contributed by atoms with van der Waals surface area (Å²) in [5.41, 5.74) is 1.30. The average Bonchev–Trinajstić information content (AvgIpc) is 2.86. The van der Waals surface area contributed by atoms with E-state index >= 15 is 0 Å². The monoisotopic (exact) mass is 414 g/mol. The van der Waals surface area contributed by atoms with Gasteiger partial charge in [0.1, 0.15) is 0 Å². The van der Waals surface area contributed by atoms with Crippen molar-refractivity contribution in [3.05, 3.63) is 36.5 Å². The molecule has 4 nitrogen and oxygen atoms in total. The molecule has 0 amide bonds. The fourth-order valence-corrected chi connectivity index (χ4v) is 2.36. The number of hydrogen-bond donors (Lipinski definition) is 2. The van der Waals surface area contributed by atoms with Gasteiger partial charge in [0.05, 0.1) is 0 Å². The fraction of sp³-hybridized carbons (Fsp3) is 0.471. The molecule has 0 saturated carbocycles. The number of rotatable bonds is 6. The van der Waals surface area contributed by atoms with Crippen molar-refractivity contribution in [2.75, 3.05) is 13.1 Å². The molecule has 5 heteroatoms. The normalized spacial score (nSPS) is 11.5. The number of guanidine groups is 1. The molecule has 2 aromatic rings. The predicted octanol–water partition coefficient (Wildman–Crippen LogP) is 3.61. The van der Waals surface area contributed by atoms with E-state index in [9.17, 15) is 0 Å². The maximum Gasteiger partial charge on any atom is 0.191 e. The molecule has 122 valence electrons. The Morgan fingerprint density at radius 1 is 1.23 bits per heavy atom. The van der Waals surface area contributed by atoms with E-state index in [2.05, 4.69) is 77.5 Å². The van der Waals surface area contributed by atoms with Gasteiger partial charge in [-0.1, -0.05) is 18.2 Å². The minimum absolute atomic E-state index is 0. The highest BCUT2D eigenvalue weighted by molar-refractivity contribution is 14.0. The van der Waals surface area contributed by atoms with Crippen LogP contribution in [0.15, 0.2) is 41.5 Å². The third kappa shape index (κ3) is 5.51. The van der Waals surface area contributed by atoms with Crippen molar-refractivity contribution in [1.29, 1.82) is 0 Å². The van der Waals surface area contributed by atoms with Crippen LogP contribution < -0.4 is 10.6 Å². The molecule has 22 heavy (non-hydrogen) atoms. The maximum atomic E-state index is 4.61. The number of aryl methyl sites for hydroxylation is 1. The van der Waals surface area contributed by atoms with Crippen LogP contribution >= 0.6 is 24.0 Å². The average molecular weight is 414 g/mol. The minimum Gasteiger partial charge on any atom is -0.357 e. The van der Waals surface area contributed by atoms with E-state index in [1.807, 2.05) is 0 Å². The van der Waals surface area contributed by atoms with Crippen molar-refractivity contribution in [2.45, 2.75) is 39.8 Å². The van der Waals surface area contributed by atoms with Gasteiger partial charge in [0.25, 0.3) is 0 Å². The van der Waals surface area contributed by atoms with Gasteiger partial charge in [-0.25, -0.2) is 0 Å². The van der Waals surface area contributed by atoms with Crippen molar-refractivity contribution in [2.24, 2.45) is 4.99 Å². The highest BCUT2D eigenvalue weighted by Crippen LogP contribution is 2.15. The Morgan fingerprint density at radius 3 is 2.73 bits per heavy atom. The van der Waals surface area contributed by atoms with Crippen molar-refractivity contribution in [3.8, 4) is 0 Å². The zero-order chi connectivity index (χ0) is 15.1. The second-order valence-electron chi connectivity index (χ2n) is 5.48. The van der Waals surface area contributed by atoms with Crippen molar-refractivity contribution >= 4 is 40.8 Å². The lowest BCUT2D eigenvalue weighted by molar-refractivity contribution is 0.658. The number of aliphatic imine (C=N–C) groups is 1. The largest absolute Gasteiger partial charge is 0.357 e. The van der Waals surface area contributed by atoms with Crippen LogP contribution in [0.3, 0.4) is 0 Å². The molecule has 0 unspecified atom stereocenters. The molecule has 0 aliphatic heterocycles. The first-order valence-electron chi connectivity index (χ1n) is 7.79.